The largest absolute Gasteiger partial charge is 1.00 e. The van der Waals surface area contributed by atoms with Crippen molar-refractivity contribution >= 4 is 19.3 Å². The van der Waals surface area contributed by atoms with Crippen molar-refractivity contribution in [2.24, 2.45) is 0 Å². The van der Waals surface area contributed by atoms with Crippen LogP contribution in [0.3, 0.4) is 0 Å². The molecule has 0 N–H and O–H groups in total. The van der Waals surface area contributed by atoms with Gasteiger partial charge in [0.15, 0.2) is 0 Å². The Morgan fingerprint density at radius 3 is 2.12 bits per heavy atom. The molecule has 4 aliphatic rings. The average Bonchev–Trinajstić information content (AvgIpc) is 3.60. The van der Waals surface area contributed by atoms with Crippen molar-refractivity contribution in [2.45, 2.75) is 55.9 Å². The van der Waals surface area contributed by atoms with Crippen molar-refractivity contribution in [3.63, 3.8) is 0 Å². The number of benzene rings is 3. The summed E-state index contributed by atoms with van der Waals surface area (Å²) in [5.41, 5.74) is 15.5. The van der Waals surface area contributed by atoms with Crippen LogP contribution in [0.2, 0.25) is 13.1 Å². The van der Waals surface area contributed by atoms with Gasteiger partial charge < -0.3 is 29.4 Å². The Bertz CT molecular complexity index is 1580. The molecule has 0 spiro atoms. The van der Waals surface area contributed by atoms with Gasteiger partial charge in [0.05, 0.1) is 8.07 Å². The van der Waals surface area contributed by atoms with Gasteiger partial charge in [0.2, 0.25) is 0 Å². The minimum absolute atomic E-state index is 0. The molecule has 0 fully saturated rings. The van der Waals surface area contributed by atoms with Crippen LogP contribution < -0.4 is 24.8 Å². The van der Waals surface area contributed by atoms with E-state index in [2.05, 4.69) is 130 Å². The first-order valence-corrected chi connectivity index (χ1v) is 18.4. The molecule has 40 heavy (non-hydrogen) atoms. The quantitative estimate of drug-likeness (QED) is 0.296. The first kappa shape index (κ1) is 31.0. The second-order valence-electron chi connectivity index (χ2n) is 11.7. The Labute approximate surface area is 268 Å². The number of fused-ring (bicyclic) bond motifs is 1. The van der Waals surface area contributed by atoms with Gasteiger partial charge >= 0.3 is 137 Å². The summed E-state index contributed by atoms with van der Waals surface area (Å²) in [7, 11) is -1.12. The van der Waals surface area contributed by atoms with Gasteiger partial charge in [0.25, 0.3) is 0 Å². The van der Waals surface area contributed by atoms with Gasteiger partial charge in [-0.3, -0.25) is 0 Å². The molecule has 5 heteroatoms. The summed E-state index contributed by atoms with van der Waals surface area (Å²) < 4.78 is 2.94. The zero-order valence-electron chi connectivity index (χ0n) is 23.9. The molecule has 3 heterocycles. The third kappa shape index (κ3) is 5.13. The summed E-state index contributed by atoms with van der Waals surface area (Å²) in [6, 6.07) is 26.5. The number of rotatable bonds is 4. The van der Waals surface area contributed by atoms with E-state index in [4.69, 9.17) is 0 Å². The van der Waals surface area contributed by atoms with E-state index in [1.165, 1.54) is 57.5 Å². The fraction of sp³-hybridized carbons (Fsp3) is 0.257. The Kier molecular flexibility index (Phi) is 9.42. The van der Waals surface area contributed by atoms with Gasteiger partial charge in [-0.1, -0.05) is 42.1 Å². The van der Waals surface area contributed by atoms with E-state index >= 15 is 0 Å². The molecule has 2 unspecified atom stereocenters. The van der Waals surface area contributed by atoms with E-state index in [0.29, 0.717) is 3.63 Å². The monoisotopic (exact) mass is 658 g/mol. The number of para-hydroxylation sites is 1. The molecule has 2 aliphatic carbocycles. The third-order valence-corrected chi connectivity index (χ3v) is 14.8. The van der Waals surface area contributed by atoms with Gasteiger partial charge in [-0.25, -0.2) is 0 Å². The zero-order valence-corrected chi connectivity index (χ0v) is 28.9. The maximum absolute atomic E-state index is 2.51. The van der Waals surface area contributed by atoms with E-state index in [1.54, 1.807) is 41.1 Å². The van der Waals surface area contributed by atoms with Crippen LogP contribution in [0.25, 0.3) is 28.1 Å². The number of hydrogen-bond donors (Lipinski definition) is 0. The maximum Gasteiger partial charge on any atom is -1.00 e. The van der Waals surface area contributed by atoms with E-state index in [0.717, 1.165) is 5.54 Å². The first-order chi connectivity index (χ1) is 18.3. The van der Waals surface area contributed by atoms with Crippen LogP contribution in [-0.4, -0.2) is 12.6 Å². The molecule has 203 valence electrons. The standard InChI is InChI=1S/C19H19.C16H17NSi.2ClH.Zr/c1-3-5-15-8-10-16(11-9-15)18-7-4-6-17-12-14(2)13-19(17)18;1-11-15-13-9-17(12-7-5-4-6-8-12)10-14(13)16(11)18(15,2)3;;;/h4,6-13H,3,5H2,1-2H3;4-10,15H,1-3H3;2*1H;/q;;;;+2/p-2. The fourth-order valence-corrected chi connectivity index (χ4v) is 12.2. The molecule has 2 atom stereocenters. The predicted octanol–water partition coefficient (Wildman–Crippen LogP) is 3.47. The van der Waals surface area contributed by atoms with E-state index in [9.17, 15) is 0 Å². The van der Waals surface area contributed by atoms with Crippen LogP contribution in [-0.2, 0) is 31.1 Å². The maximum atomic E-state index is 2.51. The van der Waals surface area contributed by atoms with Crippen molar-refractivity contribution in [3.8, 4) is 16.8 Å². The van der Waals surface area contributed by atoms with Crippen LogP contribution in [0.5, 0.6) is 0 Å². The molecular weight excluding hydrogens is 625 g/mol. The molecule has 0 saturated heterocycles. The van der Waals surface area contributed by atoms with Gasteiger partial charge in [-0.15, -0.1) is 0 Å². The SMILES string of the molecule is CC1=C2c3cn(-c4ccccc4)cc3C1[Si]2(C)C.CCCc1ccc(-c2cccc3c2C=C(C)[CH]3[Zr+2])cc1.[Cl-].[Cl-]. The topological polar surface area (TPSA) is 4.93 Å². The summed E-state index contributed by atoms with van der Waals surface area (Å²) in [4.78, 5) is 0. The van der Waals surface area contributed by atoms with E-state index < -0.39 is 8.07 Å². The Morgan fingerprint density at radius 1 is 0.800 bits per heavy atom. The van der Waals surface area contributed by atoms with Gasteiger partial charge in [0, 0.05) is 23.6 Å². The number of halogens is 2. The number of aryl methyl sites for hydroxylation is 1. The summed E-state index contributed by atoms with van der Waals surface area (Å²) in [5, 5.41) is 1.72. The molecule has 1 aromatic heterocycles. The minimum Gasteiger partial charge on any atom is -1.00 e. The summed E-state index contributed by atoms with van der Waals surface area (Å²) >= 11 is 1.59. The smallest absolute Gasteiger partial charge is 1.00 e. The Morgan fingerprint density at radius 2 is 1.50 bits per heavy atom. The Balaban J connectivity index is 0.000000177. The van der Waals surface area contributed by atoms with E-state index in [-0.39, 0.29) is 24.8 Å². The van der Waals surface area contributed by atoms with Crippen LogP contribution in [0.15, 0.2) is 96.3 Å². The van der Waals surface area contributed by atoms with Crippen molar-refractivity contribution in [2.75, 3.05) is 0 Å². The molecular formula is C35H36Cl2NSiZr. The number of allylic oxidation sites excluding steroid dienone is 2. The molecule has 0 saturated carbocycles. The number of hydrogen-bond acceptors (Lipinski definition) is 0. The molecule has 2 aliphatic heterocycles. The second-order valence-corrected chi connectivity index (χ2v) is 17.6. The van der Waals surface area contributed by atoms with Crippen molar-refractivity contribution < 1.29 is 49.5 Å². The van der Waals surface area contributed by atoms with Gasteiger partial charge in [-0.2, -0.15) is 0 Å². The van der Waals surface area contributed by atoms with Gasteiger partial charge in [-0.05, 0) is 30.2 Å². The van der Waals surface area contributed by atoms with Crippen molar-refractivity contribution in [1.82, 2.24) is 4.57 Å². The predicted molar refractivity (Wildman–Crippen MR) is 161 cm³/mol. The van der Waals surface area contributed by atoms with Crippen LogP contribution in [0, 0.1) is 0 Å². The van der Waals surface area contributed by atoms with Crippen LogP contribution in [0.1, 0.15) is 64.2 Å². The summed E-state index contributed by atoms with van der Waals surface area (Å²) in [6.07, 6.45) is 9.46. The second kappa shape index (κ2) is 12.1. The molecule has 2 bridgehead atoms. The third-order valence-electron chi connectivity index (χ3n) is 8.77. The minimum atomic E-state index is -1.12. The number of nitrogens with zero attached hydrogens (tertiary/aromatic N) is 1. The van der Waals surface area contributed by atoms with Gasteiger partial charge in [0.1, 0.15) is 0 Å². The summed E-state index contributed by atoms with van der Waals surface area (Å²) in [5.74, 6) is 0. The van der Waals surface area contributed by atoms with Crippen LogP contribution >= 0.6 is 0 Å². The molecule has 4 aromatic rings. The normalized spacial score (nSPS) is 18.8. The van der Waals surface area contributed by atoms with Crippen molar-refractivity contribution in [1.29, 1.82) is 0 Å². The molecule has 3 aromatic carbocycles. The molecule has 0 amide bonds. The number of aromatic nitrogens is 1. The van der Waals surface area contributed by atoms with E-state index in [1.807, 2.05) is 0 Å². The molecule has 0 radical (unpaired) electrons. The Hall–Kier alpha value is -1.90. The fourth-order valence-electron chi connectivity index (χ4n) is 7.04. The van der Waals surface area contributed by atoms with Crippen molar-refractivity contribution in [3.05, 3.63) is 124 Å². The summed E-state index contributed by atoms with van der Waals surface area (Å²) in [6.45, 7) is 11.8. The molecule has 8 rings (SSSR count). The molecule has 1 nitrogen and oxygen atoms in total. The first-order valence-electron chi connectivity index (χ1n) is 13.9. The average molecular weight is 661 g/mol. The van der Waals surface area contributed by atoms with Crippen LogP contribution in [0.4, 0.5) is 0 Å². The zero-order chi connectivity index (χ0) is 26.6.